The zero-order valence-corrected chi connectivity index (χ0v) is 8.92. The van der Waals surface area contributed by atoms with Crippen LogP contribution in [0.4, 0.5) is 0 Å². The molecule has 0 aliphatic carbocycles. The van der Waals surface area contributed by atoms with Crippen molar-refractivity contribution in [2.24, 2.45) is 5.73 Å². The monoisotopic (exact) mass is 229 g/mol. The van der Waals surface area contributed by atoms with Gasteiger partial charge in [-0.05, 0) is 35.9 Å². The van der Waals surface area contributed by atoms with E-state index in [0.717, 1.165) is 0 Å². The summed E-state index contributed by atoms with van der Waals surface area (Å²) in [7, 11) is 0. The van der Waals surface area contributed by atoms with E-state index in [0.29, 0.717) is 16.7 Å². The first-order valence-electron chi connectivity index (χ1n) is 5.00. The number of aromatic hydroxyl groups is 2. The van der Waals surface area contributed by atoms with Crippen LogP contribution in [0, 0.1) is 0 Å². The van der Waals surface area contributed by atoms with E-state index in [9.17, 15) is 15.0 Å². The van der Waals surface area contributed by atoms with Gasteiger partial charge in [0, 0.05) is 11.1 Å². The van der Waals surface area contributed by atoms with Crippen LogP contribution in [-0.4, -0.2) is 16.1 Å². The zero-order chi connectivity index (χ0) is 12.4. The molecule has 0 aliphatic rings. The second-order valence-electron chi connectivity index (χ2n) is 3.65. The average Bonchev–Trinajstić information content (AvgIpc) is 2.32. The number of rotatable bonds is 2. The molecule has 0 fully saturated rings. The molecular weight excluding hydrogens is 218 g/mol. The summed E-state index contributed by atoms with van der Waals surface area (Å²) >= 11 is 0. The van der Waals surface area contributed by atoms with Gasteiger partial charge in [-0.3, -0.25) is 4.79 Å². The molecule has 0 radical (unpaired) electrons. The number of hydrogen-bond acceptors (Lipinski definition) is 3. The Morgan fingerprint density at radius 1 is 1.06 bits per heavy atom. The Morgan fingerprint density at radius 3 is 2.53 bits per heavy atom. The van der Waals surface area contributed by atoms with Gasteiger partial charge >= 0.3 is 0 Å². The fraction of sp³-hybridized carbons (Fsp3) is 0. The van der Waals surface area contributed by atoms with Gasteiger partial charge in [-0.15, -0.1) is 0 Å². The van der Waals surface area contributed by atoms with E-state index in [4.69, 9.17) is 5.73 Å². The van der Waals surface area contributed by atoms with Crippen LogP contribution >= 0.6 is 0 Å². The molecule has 0 saturated heterocycles. The van der Waals surface area contributed by atoms with Crippen molar-refractivity contribution in [3.05, 3.63) is 48.0 Å². The van der Waals surface area contributed by atoms with Gasteiger partial charge in [0.25, 0.3) is 0 Å². The first kappa shape index (κ1) is 11.0. The topological polar surface area (TPSA) is 83.6 Å². The summed E-state index contributed by atoms with van der Waals surface area (Å²) < 4.78 is 0. The van der Waals surface area contributed by atoms with Crippen molar-refractivity contribution < 1.29 is 15.0 Å². The highest BCUT2D eigenvalue weighted by atomic mass is 16.3. The van der Waals surface area contributed by atoms with Crippen LogP contribution in [0.15, 0.2) is 42.5 Å². The highest BCUT2D eigenvalue weighted by molar-refractivity contribution is 5.94. The largest absolute Gasteiger partial charge is 0.508 e. The van der Waals surface area contributed by atoms with Gasteiger partial charge in [-0.1, -0.05) is 12.1 Å². The summed E-state index contributed by atoms with van der Waals surface area (Å²) in [5.74, 6) is -0.460. The molecule has 1 amide bonds. The molecule has 0 spiro atoms. The van der Waals surface area contributed by atoms with Crippen LogP contribution in [0.25, 0.3) is 11.1 Å². The van der Waals surface area contributed by atoms with Crippen molar-refractivity contribution in [3.8, 4) is 22.6 Å². The van der Waals surface area contributed by atoms with Gasteiger partial charge in [-0.2, -0.15) is 0 Å². The van der Waals surface area contributed by atoms with Gasteiger partial charge in [0.1, 0.15) is 11.5 Å². The Bertz CT molecular complexity index is 579. The van der Waals surface area contributed by atoms with Gasteiger partial charge in [-0.25, -0.2) is 0 Å². The second-order valence-corrected chi connectivity index (χ2v) is 3.65. The van der Waals surface area contributed by atoms with Crippen molar-refractivity contribution in [1.82, 2.24) is 0 Å². The number of primary amides is 1. The number of carbonyl (C=O) groups excluding carboxylic acids is 1. The standard InChI is InChI=1S/C13H11NO3/c14-13(17)9-3-1-2-8(6-9)11-7-10(15)4-5-12(11)16/h1-7,15-16H,(H2,14,17). The van der Waals surface area contributed by atoms with Crippen LogP contribution in [0.3, 0.4) is 0 Å². The van der Waals surface area contributed by atoms with Crippen molar-refractivity contribution in [1.29, 1.82) is 0 Å². The quantitative estimate of drug-likeness (QED) is 0.687. The lowest BCUT2D eigenvalue weighted by Crippen LogP contribution is -2.10. The number of phenols is 2. The molecule has 0 heterocycles. The van der Waals surface area contributed by atoms with Gasteiger partial charge in [0.05, 0.1) is 0 Å². The zero-order valence-electron chi connectivity index (χ0n) is 8.92. The molecule has 0 aromatic heterocycles. The molecule has 0 bridgehead atoms. The molecule has 86 valence electrons. The van der Waals surface area contributed by atoms with Gasteiger partial charge in [0.2, 0.25) is 5.91 Å². The molecule has 17 heavy (non-hydrogen) atoms. The summed E-state index contributed by atoms with van der Waals surface area (Å²) in [5, 5.41) is 19.1. The average molecular weight is 229 g/mol. The highest BCUT2D eigenvalue weighted by Crippen LogP contribution is 2.32. The SMILES string of the molecule is NC(=O)c1cccc(-c2cc(O)ccc2O)c1. The molecule has 0 aliphatic heterocycles. The minimum absolute atomic E-state index is 0.0319. The van der Waals surface area contributed by atoms with E-state index in [1.807, 2.05) is 0 Å². The molecule has 0 unspecified atom stereocenters. The number of benzene rings is 2. The predicted molar refractivity (Wildman–Crippen MR) is 63.7 cm³/mol. The first-order chi connectivity index (χ1) is 8.08. The Morgan fingerprint density at radius 2 is 1.82 bits per heavy atom. The molecule has 4 N–H and O–H groups in total. The number of amides is 1. The van der Waals surface area contributed by atoms with E-state index < -0.39 is 5.91 Å². The minimum atomic E-state index is -0.536. The molecular formula is C13H11NO3. The van der Waals surface area contributed by atoms with E-state index >= 15 is 0 Å². The number of phenolic OH excluding ortho intramolecular Hbond substituents is 2. The van der Waals surface area contributed by atoms with Crippen molar-refractivity contribution in [3.63, 3.8) is 0 Å². The number of hydrogen-bond donors (Lipinski definition) is 3. The van der Waals surface area contributed by atoms with Crippen LogP contribution in [0.2, 0.25) is 0 Å². The fourth-order valence-electron chi connectivity index (χ4n) is 1.60. The molecule has 2 aromatic carbocycles. The van der Waals surface area contributed by atoms with E-state index in [1.54, 1.807) is 24.3 Å². The van der Waals surface area contributed by atoms with Crippen LogP contribution in [0.5, 0.6) is 11.5 Å². The summed E-state index contributed by atoms with van der Waals surface area (Å²) in [5.41, 5.74) is 6.60. The van der Waals surface area contributed by atoms with E-state index in [2.05, 4.69) is 0 Å². The van der Waals surface area contributed by atoms with Gasteiger partial charge in [0.15, 0.2) is 0 Å². The molecule has 4 nitrogen and oxygen atoms in total. The van der Waals surface area contributed by atoms with E-state index in [1.165, 1.54) is 18.2 Å². The lowest BCUT2D eigenvalue weighted by molar-refractivity contribution is 0.100. The smallest absolute Gasteiger partial charge is 0.248 e. The molecule has 2 aromatic rings. The van der Waals surface area contributed by atoms with Crippen LogP contribution < -0.4 is 5.73 Å². The Balaban J connectivity index is 2.56. The maximum atomic E-state index is 11.0. The molecule has 2 rings (SSSR count). The van der Waals surface area contributed by atoms with Gasteiger partial charge < -0.3 is 15.9 Å². The van der Waals surface area contributed by atoms with Crippen LogP contribution in [-0.2, 0) is 0 Å². The van der Waals surface area contributed by atoms with Crippen molar-refractivity contribution >= 4 is 5.91 Å². The predicted octanol–water partition coefficient (Wildman–Crippen LogP) is 1.86. The third-order valence-electron chi connectivity index (χ3n) is 2.44. The Hall–Kier alpha value is -2.49. The Labute approximate surface area is 97.9 Å². The third kappa shape index (κ3) is 2.20. The minimum Gasteiger partial charge on any atom is -0.508 e. The molecule has 0 atom stereocenters. The molecule has 0 saturated carbocycles. The van der Waals surface area contributed by atoms with Crippen LogP contribution in [0.1, 0.15) is 10.4 Å². The summed E-state index contributed by atoms with van der Waals surface area (Å²) in [6, 6.07) is 10.7. The van der Waals surface area contributed by atoms with Crippen molar-refractivity contribution in [2.45, 2.75) is 0 Å². The molecule has 4 heteroatoms. The maximum Gasteiger partial charge on any atom is 0.248 e. The maximum absolute atomic E-state index is 11.0. The summed E-state index contributed by atoms with van der Waals surface area (Å²) in [4.78, 5) is 11.0. The number of nitrogens with two attached hydrogens (primary N) is 1. The lowest BCUT2D eigenvalue weighted by Gasteiger charge is -2.06. The summed E-state index contributed by atoms with van der Waals surface area (Å²) in [6.07, 6.45) is 0. The van der Waals surface area contributed by atoms with E-state index in [-0.39, 0.29) is 11.5 Å². The first-order valence-corrected chi connectivity index (χ1v) is 5.00. The number of carbonyl (C=O) groups is 1. The normalized spacial score (nSPS) is 10.1. The Kier molecular flexibility index (Phi) is 2.70. The fourth-order valence-corrected chi connectivity index (χ4v) is 1.60. The lowest BCUT2D eigenvalue weighted by atomic mass is 10.0. The third-order valence-corrected chi connectivity index (χ3v) is 2.44. The summed E-state index contributed by atoms with van der Waals surface area (Å²) in [6.45, 7) is 0. The second kappa shape index (κ2) is 4.17. The highest BCUT2D eigenvalue weighted by Gasteiger charge is 2.07. The van der Waals surface area contributed by atoms with Crippen molar-refractivity contribution in [2.75, 3.05) is 0 Å².